The van der Waals surface area contributed by atoms with Crippen LogP contribution in [0.4, 0.5) is 0 Å². The molecule has 2 N–H and O–H groups in total. The van der Waals surface area contributed by atoms with E-state index in [1.54, 1.807) is 13.3 Å². The molecule has 0 radical (unpaired) electrons. The third kappa shape index (κ3) is 4.13. The van der Waals surface area contributed by atoms with Crippen molar-refractivity contribution in [2.24, 2.45) is 4.99 Å². The van der Waals surface area contributed by atoms with E-state index in [9.17, 15) is 4.79 Å². The van der Waals surface area contributed by atoms with E-state index in [2.05, 4.69) is 27.9 Å². The second kappa shape index (κ2) is 9.19. The number of hydrogen-bond acceptors (Lipinski definition) is 5. The van der Waals surface area contributed by atoms with Gasteiger partial charge in [-0.25, -0.2) is 4.99 Å². The molecule has 0 bridgehead atoms. The average molecular weight is 505 g/mol. The smallest absolute Gasteiger partial charge is 0.205 e. The number of pyridine rings is 1. The number of fused-ring (bicyclic) bond motifs is 1. The number of benzene rings is 1. The Kier molecular flexibility index (Phi) is 5.70. The summed E-state index contributed by atoms with van der Waals surface area (Å²) in [5, 5.41) is 3.13. The lowest BCUT2D eigenvalue weighted by Gasteiger charge is -2.01. The highest BCUT2D eigenvalue weighted by Crippen LogP contribution is 2.30. The number of carbonyl (C=O) groups excluding carboxylic acids is 1. The summed E-state index contributed by atoms with van der Waals surface area (Å²) in [4.78, 5) is 31.7. The van der Waals surface area contributed by atoms with Crippen LogP contribution in [0.5, 0.6) is 5.75 Å². The Bertz CT molecular complexity index is 1910. The van der Waals surface area contributed by atoms with E-state index in [1.807, 2.05) is 73.7 Å². The number of ketones is 1. The first-order chi connectivity index (χ1) is 18.0. The predicted molar refractivity (Wildman–Crippen MR) is 146 cm³/mol. The Morgan fingerprint density at radius 3 is 2.59 bits per heavy atom. The van der Waals surface area contributed by atoms with Crippen LogP contribution in [0, 0.1) is 13.8 Å². The summed E-state index contributed by atoms with van der Waals surface area (Å²) in [5.74, 6) is 0.617. The van der Waals surface area contributed by atoms with Gasteiger partial charge in [-0.15, -0.1) is 11.3 Å². The monoisotopic (exact) mass is 504 g/mol. The highest BCUT2D eigenvalue weighted by atomic mass is 32.1. The van der Waals surface area contributed by atoms with Crippen LogP contribution in [-0.4, -0.2) is 27.8 Å². The van der Waals surface area contributed by atoms with Gasteiger partial charge in [0.2, 0.25) is 5.78 Å². The number of H-pyrrole nitrogens is 2. The second-order valence-corrected chi connectivity index (χ2v) is 10.0. The van der Waals surface area contributed by atoms with Crippen molar-refractivity contribution >= 4 is 34.5 Å². The second-order valence-electron chi connectivity index (χ2n) is 8.92. The number of nitrogens with zero attached hydrogens (tertiary/aromatic N) is 2. The molecule has 0 amide bonds. The first kappa shape index (κ1) is 22.9. The number of thiophene rings is 1. The summed E-state index contributed by atoms with van der Waals surface area (Å²) < 4.78 is 5.68. The fourth-order valence-corrected chi connectivity index (χ4v) is 5.57. The van der Waals surface area contributed by atoms with Crippen molar-refractivity contribution < 1.29 is 9.53 Å². The number of aromatic amines is 2. The summed E-state index contributed by atoms with van der Waals surface area (Å²) in [6.45, 7) is 4.09. The molecular weight excluding hydrogens is 480 g/mol. The number of methoxy groups -OCH3 is 1. The lowest BCUT2D eigenvalue weighted by atomic mass is 10.0. The number of rotatable bonds is 5. The van der Waals surface area contributed by atoms with Crippen LogP contribution < -0.4 is 26.0 Å². The first-order valence-electron chi connectivity index (χ1n) is 11.9. The molecule has 5 aromatic rings. The Morgan fingerprint density at radius 2 is 1.84 bits per heavy atom. The molecule has 1 aromatic carbocycles. The van der Waals surface area contributed by atoms with E-state index in [0.29, 0.717) is 21.9 Å². The van der Waals surface area contributed by atoms with Gasteiger partial charge in [0.1, 0.15) is 5.75 Å². The lowest BCUT2D eigenvalue weighted by Crippen LogP contribution is -2.24. The van der Waals surface area contributed by atoms with Crippen LogP contribution in [0.15, 0.2) is 77.9 Å². The Balaban J connectivity index is 1.53. The molecule has 4 aromatic heterocycles. The van der Waals surface area contributed by atoms with Crippen molar-refractivity contribution in [2.75, 3.05) is 7.11 Å². The highest BCUT2D eigenvalue weighted by molar-refractivity contribution is 7.17. The van der Waals surface area contributed by atoms with Crippen molar-refractivity contribution in [3.63, 3.8) is 0 Å². The fourth-order valence-electron chi connectivity index (χ4n) is 4.64. The third-order valence-corrected chi connectivity index (χ3v) is 7.49. The Morgan fingerprint density at radius 1 is 1.00 bits per heavy atom. The molecule has 0 spiro atoms. The van der Waals surface area contributed by atoms with Gasteiger partial charge in [-0.2, -0.15) is 0 Å². The van der Waals surface area contributed by atoms with Crippen LogP contribution in [0.1, 0.15) is 26.6 Å². The predicted octanol–water partition coefficient (Wildman–Crippen LogP) is 3.40. The normalized spacial score (nSPS) is 14.6. The molecule has 0 fully saturated rings. The highest BCUT2D eigenvalue weighted by Gasteiger charge is 2.24. The van der Waals surface area contributed by atoms with Crippen LogP contribution in [0.25, 0.3) is 27.9 Å². The van der Waals surface area contributed by atoms with E-state index in [-0.39, 0.29) is 5.78 Å². The topological polar surface area (TPSA) is 83.1 Å². The van der Waals surface area contributed by atoms with Gasteiger partial charge in [0, 0.05) is 28.9 Å². The molecule has 0 saturated carbocycles. The number of aromatic nitrogens is 3. The maximum atomic E-state index is 14.0. The van der Waals surface area contributed by atoms with E-state index in [4.69, 9.17) is 9.73 Å². The molecule has 0 aliphatic carbocycles. The summed E-state index contributed by atoms with van der Waals surface area (Å²) in [7, 11) is 1.64. The lowest BCUT2D eigenvalue weighted by molar-refractivity contribution is 0.106. The fraction of sp³-hybridized carbons (Fsp3) is 0.100. The van der Waals surface area contributed by atoms with Gasteiger partial charge in [-0.05, 0) is 61.9 Å². The Labute approximate surface area is 217 Å². The van der Waals surface area contributed by atoms with E-state index < -0.39 is 0 Å². The van der Waals surface area contributed by atoms with Crippen LogP contribution in [-0.2, 0) is 0 Å². The molecule has 182 valence electrons. The molecule has 7 heteroatoms. The summed E-state index contributed by atoms with van der Waals surface area (Å²) in [6, 6.07) is 21.3. The number of ether oxygens (including phenoxy) is 1. The molecule has 37 heavy (non-hydrogen) atoms. The van der Waals surface area contributed by atoms with Crippen molar-refractivity contribution in [2.45, 2.75) is 13.8 Å². The summed E-state index contributed by atoms with van der Waals surface area (Å²) in [5.41, 5.74) is 5.27. The van der Waals surface area contributed by atoms with Crippen molar-refractivity contribution in [1.29, 1.82) is 0 Å². The molecule has 0 saturated heterocycles. The number of hydrogen-bond donors (Lipinski definition) is 2. The Hall–Kier alpha value is -4.49. The van der Waals surface area contributed by atoms with Crippen molar-refractivity contribution in [3.05, 3.63) is 116 Å². The first-order valence-corrected chi connectivity index (χ1v) is 12.7. The minimum absolute atomic E-state index is 0.0641. The molecule has 0 atom stereocenters. The third-order valence-electron chi connectivity index (χ3n) is 6.38. The van der Waals surface area contributed by atoms with Crippen molar-refractivity contribution in [1.82, 2.24) is 15.0 Å². The van der Waals surface area contributed by atoms with E-state index in [0.717, 1.165) is 48.8 Å². The summed E-state index contributed by atoms with van der Waals surface area (Å²) >= 11 is 1.44. The summed E-state index contributed by atoms with van der Waals surface area (Å²) in [6.07, 6.45) is 3.78. The largest absolute Gasteiger partial charge is 0.494 e. The molecule has 6 nitrogen and oxygen atoms in total. The molecule has 1 aliphatic rings. The molecule has 6 rings (SSSR count). The number of para-hydroxylation sites is 1. The quantitative estimate of drug-likeness (QED) is 0.360. The molecule has 5 heterocycles. The van der Waals surface area contributed by atoms with Gasteiger partial charge < -0.3 is 14.7 Å². The molecular formula is C30H24N4O2S. The number of carbonyl (C=O) groups is 1. The maximum Gasteiger partial charge on any atom is 0.205 e. The van der Waals surface area contributed by atoms with E-state index in [1.165, 1.54) is 11.3 Å². The average Bonchev–Trinajstić information content (AvgIpc) is 3.69. The number of nitrogens with one attached hydrogen (secondary N) is 2. The van der Waals surface area contributed by atoms with Crippen LogP contribution >= 0.6 is 11.3 Å². The number of Topliss-reactive ketones (excluding diaryl/α,β-unsaturated/α-hetero) is 1. The van der Waals surface area contributed by atoms with E-state index >= 15 is 0 Å². The number of aryl methyl sites for hydroxylation is 2. The van der Waals surface area contributed by atoms with Gasteiger partial charge in [-0.3, -0.25) is 9.78 Å². The molecule has 1 aliphatic heterocycles. The standard InChI is InChI=1S/C30H24N4O2S/c1-17-14-18(2)32-22(17)15-23-25(36-3)16-24(33-23)29-28(19-8-4-5-9-20(19)34-29)30(35)27-12-11-26(37-27)21-10-6-7-13-31-21/h4-16,32-33H,1-3H3/b23-15?,29-24-. The van der Waals surface area contributed by atoms with Crippen molar-refractivity contribution in [3.8, 4) is 16.3 Å². The SMILES string of the molecule is COc1c/c(=C2/N=c3ccccc3=C2C(=O)c2ccc(-c3ccccn3)s2)[nH]c1=Cc1[nH]c(C)cc1C. The zero-order valence-electron chi connectivity index (χ0n) is 20.6. The van der Waals surface area contributed by atoms with Gasteiger partial charge in [0.25, 0.3) is 0 Å². The van der Waals surface area contributed by atoms with Crippen LogP contribution in [0.3, 0.4) is 0 Å². The zero-order valence-corrected chi connectivity index (χ0v) is 21.4. The zero-order chi connectivity index (χ0) is 25.5. The maximum absolute atomic E-state index is 14.0. The van der Waals surface area contributed by atoms with Gasteiger partial charge >= 0.3 is 0 Å². The van der Waals surface area contributed by atoms with Crippen LogP contribution in [0.2, 0.25) is 0 Å². The van der Waals surface area contributed by atoms with Gasteiger partial charge in [-0.1, -0.05) is 24.3 Å². The minimum atomic E-state index is -0.0641. The minimum Gasteiger partial charge on any atom is -0.494 e. The van der Waals surface area contributed by atoms with Gasteiger partial charge in [0.05, 0.1) is 49.9 Å². The molecule has 0 unspecified atom stereocenters. The van der Waals surface area contributed by atoms with Gasteiger partial charge in [0.15, 0.2) is 0 Å².